The first kappa shape index (κ1) is 24.5. The number of carbonyl (C=O) groups excluding carboxylic acids is 2. The van der Waals surface area contributed by atoms with Crippen LogP contribution in [-0.2, 0) is 22.6 Å². The normalized spacial score (nSPS) is 12.4. The Labute approximate surface area is 193 Å². The Morgan fingerprint density at radius 2 is 1.60 bits per heavy atom. The highest BCUT2D eigenvalue weighted by Crippen LogP contribution is 2.24. The summed E-state index contributed by atoms with van der Waals surface area (Å²) in [6.45, 7) is 7.83. The molecule has 1 N–H and O–H groups in total. The minimum absolute atomic E-state index is 0.154. The van der Waals surface area contributed by atoms with Gasteiger partial charge in [0.2, 0.25) is 11.8 Å². The van der Waals surface area contributed by atoms with E-state index in [1.165, 1.54) is 0 Å². The third kappa shape index (κ3) is 7.19. The molecule has 0 aliphatic carbocycles. The third-order valence-electron chi connectivity index (χ3n) is 4.51. The number of hydrogen-bond acceptors (Lipinski definition) is 2. The van der Waals surface area contributed by atoms with Crippen molar-refractivity contribution in [2.24, 2.45) is 0 Å². The van der Waals surface area contributed by atoms with E-state index >= 15 is 0 Å². The van der Waals surface area contributed by atoms with Crippen LogP contribution in [0, 0.1) is 0 Å². The van der Waals surface area contributed by atoms with Gasteiger partial charge < -0.3 is 10.2 Å². The summed E-state index contributed by atoms with van der Waals surface area (Å²) < 4.78 is 0. The van der Waals surface area contributed by atoms with Crippen molar-refractivity contribution in [3.05, 3.63) is 68.7 Å². The first-order chi connectivity index (χ1) is 14.0. The molecule has 162 valence electrons. The zero-order valence-electron chi connectivity index (χ0n) is 17.6. The molecule has 0 spiro atoms. The van der Waals surface area contributed by atoms with Crippen LogP contribution in [0.1, 0.15) is 45.2 Å². The molecule has 4 nitrogen and oxygen atoms in total. The molecule has 0 aliphatic heterocycles. The fraction of sp³-hybridized carbons (Fsp3) is 0.391. The lowest BCUT2D eigenvalue weighted by atomic mass is 10.0. The van der Waals surface area contributed by atoms with Crippen molar-refractivity contribution in [3.63, 3.8) is 0 Å². The summed E-state index contributed by atoms with van der Waals surface area (Å²) in [6, 6.07) is 11.6. The number of nitrogens with zero attached hydrogens (tertiary/aromatic N) is 1. The van der Waals surface area contributed by atoms with E-state index in [4.69, 9.17) is 34.8 Å². The molecular formula is C23H27Cl3N2O2. The van der Waals surface area contributed by atoms with Crippen LogP contribution in [-0.4, -0.2) is 28.3 Å². The largest absolute Gasteiger partial charge is 0.350 e. The van der Waals surface area contributed by atoms with E-state index in [2.05, 4.69) is 5.32 Å². The molecule has 2 aromatic rings. The number of rotatable bonds is 7. The Bertz CT molecular complexity index is 892. The highest BCUT2D eigenvalue weighted by Gasteiger charge is 2.31. The summed E-state index contributed by atoms with van der Waals surface area (Å²) in [5.74, 6) is -0.362. The quantitative estimate of drug-likeness (QED) is 0.548. The summed E-state index contributed by atoms with van der Waals surface area (Å²) >= 11 is 18.3. The maximum absolute atomic E-state index is 13.3. The lowest BCUT2D eigenvalue weighted by molar-refractivity contribution is -0.141. The van der Waals surface area contributed by atoms with Crippen LogP contribution in [0.5, 0.6) is 0 Å². The molecule has 2 rings (SSSR count). The molecule has 2 amide bonds. The van der Waals surface area contributed by atoms with Crippen molar-refractivity contribution in [1.82, 2.24) is 10.2 Å². The monoisotopic (exact) mass is 468 g/mol. The molecular weight excluding hydrogens is 443 g/mol. The average molecular weight is 470 g/mol. The van der Waals surface area contributed by atoms with Crippen LogP contribution >= 0.6 is 34.8 Å². The Kier molecular flexibility index (Phi) is 8.60. The highest BCUT2D eigenvalue weighted by molar-refractivity contribution is 6.35. The van der Waals surface area contributed by atoms with E-state index in [1.54, 1.807) is 35.2 Å². The second-order valence-electron chi connectivity index (χ2n) is 8.22. The van der Waals surface area contributed by atoms with Gasteiger partial charge in [-0.2, -0.15) is 0 Å². The summed E-state index contributed by atoms with van der Waals surface area (Å²) in [5.41, 5.74) is 1.14. The van der Waals surface area contributed by atoms with Gasteiger partial charge in [0.05, 0.1) is 6.42 Å². The van der Waals surface area contributed by atoms with E-state index in [0.29, 0.717) is 21.5 Å². The second-order valence-corrected chi connectivity index (χ2v) is 9.50. The SMILES string of the molecule is CCC(C(=O)NC(C)(C)C)N(Cc1ccc(Cl)cc1Cl)C(=O)Cc1ccc(Cl)cc1. The van der Waals surface area contributed by atoms with Crippen LogP contribution in [0.4, 0.5) is 0 Å². The zero-order valence-corrected chi connectivity index (χ0v) is 19.9. The lowest BCUT2D eigenvalue weighted by Gasteiger charge is -2.33. The molecule has 0 aliphatic rings. The first-order valence-electron chi connectivity index (χ1n) is 9.80. The molecule has 0 fully saturated rings. The summed E-state index contributed by atoms with van der Waals surface area (Å²) in [7, 11) is 0. The third-order valence-corrected chi connectivity index (χ3v) is 5.35. The van der Waals surface area contributed by atoms with E-state index in [-0.39, 0.29) is 24.8 Å². The van der Waals surface area contributed by atoms with Gasteiger partial charge in [0.15, 0.2) is 0 Å². The smallest absolute Gasteiger partial charge is 0.243 e. The topological polar surface area (TPSA) is 49.4 Å². The van der Waals surface area contributed by atoms with Crippen LogP contribution < -0.4 is 5.32 Å². The van der Waals surface area contributed by atoms with Gasteiger partial charge in [0, 0.05) is 27.2 Å². The number of nitrogens with one attached hydrogen (secondary N) is 1. The van der Waals surface area contributed by atoms with Crippen molar-refractivity contribution < 1.29 is 9.59 Å². The summed E-state index contributed by atoms with van der Waals surface area (Å²) in [6.07, 6.45) is 0.626. The van der Waals surface area contributed by atoms with Gasteiger partial charge >= 0.3 is 0 Å². The predicted octanol–water partition coefficient (Wildman–Crippen LogP) is 5.91. The maximum Gasteiger partial charge on any atom is 0.243 e. The van der Waals surface area contributed by atoms with Gasteiger partial charge in [-0.3, -0.25) is 9.59 Å². The van der Waals surface area contributed by atoms with Gasteiger partial charge in [0.1, 0.15) is 6.04 Å². The van der Waals surface area contributed by atoms with Crippen molar-refractivity contribution in [2.45, 2.75) is 58.7 Å². The van der Waals surface area contributed by atoms with Gasteiger partial charge in [-0.1, -0.05) is 59.9 Å². The molecule has 2 aromatic carbocycles. The number of carbonyl (C=O) groups is 2. The Balaban J connectivity index is 2.35. The zero-order chi connectivity index (χ0) is 22.5. The standard InChI is InChI=1S/C23H27Cl3N2O2/c1-5-20(22(30)27-23(2,3)4)28(14-16-8-11-18(25)13-19(16)26)21(29)12-15-6-9-17(24)10-7-15/h6-11,13,20H,5,12,14H2,1-4H3,(H,27,30). The van der Waals surface area contributed by atoms with Crippen molar-refractivity contribution in [3.8, 4) is 0 Å². The molecule has 30 heavy (non-hydrogen) atoms. The maximum atomic E-state index is 13.3. The number of hydrogen-bond donors (Lipinski definition) is 1. The fourth-order valence-corrected chi connectivity index (χ4v) is 3.68. The number of benzene rings is 2. The molecule has 0 bridgehead atoms. The number of amides is 2. The molecule has 1 unspecified atom stereocenters. The Morgan fingerprint density at radius 1 is 1.00 bits per heavy atom. The Morgan fingerprint density at radius 3 is 2.13 bits per heavy atom. The highest BCUT2D eigenvalue weighted by atomic mass is 35.5. The van der Waals surface area contributed by atoms with E-state index in [1.807, 2.05) is 39.8 Å². The molecule has 1 atom stereocenters. The summed E-state index contributed by atoms with van der Waals surface area (Å²) in [5, 5.41) is 4.56. The fourth-order valence-electron chi connectivity index (χ4n) is 3.08. The minimum atomic E-state index is -0.629. The van der Waals surface area contributed by atoms with Crippen LogP contribution in [0.25, 0.3) is 0 Å². The van der Waals surface area contributed by atoms with Gasteiger partial charge in [-0.15, -0.1) is 0 Å². The number of halogens is 3. The molecule has 0 saturated carbocycles. The van der Waals surface area contributed by atoms with E-state index in [9.17, 15) is 9.59 Å². The molecule has 0 saturated heterocycles. The van der Waals surface area contributed by atoms with Crippen molar-refractivity contribution in [1.29, 1.82) is 0 Å². The predicted molar refractivity (Wildman–Crippen MR) is 124 cm³/mol. The van der Waals surface area contributed by atoms with Gasteiger partial charge in [-0.05, 0) is 62.6 Å². The van der Waals surface area contributed by atoms with Crippen LogP contribution in [0.15, 0.2) is 42.5 Å². The Hall–Kier alpha value is -1.75. The van der Waals surface area contributed by atoms with E-state index in [0.717, 1.165) is 11.1 Å². The van der Waals surface area contributed by atoms with Crippen LogP contribution in [0.3, 0.4) is 0 Å². The molecule has 7 heteroatoms. The van der Waals surface area contributed by atoms with Gasteiger partial charge in [0.25, 0.3) is 0 Å². The van der Waals surface area contributed by atoms with Gasteiger partial charge in [-0.25, -0.2) is 0 Å². The second kappa shape index (κ2) is 10.5. The van der Waals surface area contributed by atoms with Crippen molar-refractivity contribution >= 4 is 46.6 Å². The lowest BCUT2D eigenvalue weighted by Crippen LogP contribution is -2.53. The van der Waals surface area contributed by atoms with Crippen molar-refractivity contribution in [2.75, 3.05) is 0 Å². The average Bonchev–Trinajstić information content (AvgIpc) is 2.63. The van der Waals surface area contributed by atoms with Crippen LogP contribution in [0.2, 0.25) is 15.1 Å². The first-order valence-corrected chi connectivity index (χ1v) is 10.9. The minimum Gasteiger partial charge on any atom is -0.350 e. The molecule has 0 aromatic heterocycles. The molecule has 0 radical (unpaired) electrons. The molecule has 0 heterocycles. The summed E-state index contributed by atoms with van der Waals surface area (Å²) in [4.78, 5) is 27.9. The van der Waals surface area contributed by atoms with E-state index < -0.39 is 11.6 Å².